The topological polar surface area (TPSA) is 12.0 Å². The molecule has 102 valence electrons. The van der Waals surface area contributed by atoms with Gasteiger partial charge in [0, 0.05) is 10.4 Å². The van der Waals surface area contributed by atoms with Crippen molar-refractivity contribution in [3.05, 3.63) is 65.5 Å². The van der Waals surface area contributed by atoms with Crippen LogP contribution in [0.5, 0.6) is 0 Å². The van der Waals surface area contributed by atoms with E-state index in [-0.39, 0.29) is 0 Å². The van der Waals surface area contributed by atoms with E-state index in [0.717, 1.165) is 0 Å². The Balaban J connectivity index is 1.89. The first-order chi connectivity index (χ1) is 9.74. The van der Waals surface area contributed by atoms with Crippen LogP contribution in [0.15, 0.2) is 60.0 Å². The summed E-state index contributed by atoms with van der Waals surface area (Å²) in [5, 5.41) is 7.14. The molecule has 2 heteroatoms. The molecule has 0 aliphatic rings. The molecule has 0 aliphatic heterocycles. The molecule has 1 aromatic heterocycles. The lowest BCUT2D eigenvalue weighted by molar-refractivity contribution is 0.546. The third kappa shape index (κ3) is 2.70. The van der Waals surface area contributed by atoms with Gasteiger partial charge in [0.05, 0.1) is 6.04 Å². The van der Waals surface area contributed by atoms with Crippen LogP contribution in [0.25, 0.3) is 10.1 Å². The van der Waals surface area contributed by atoms with Gasteiger partial charge in [-0.3, -0.25) is 0 Å². The number of nitrogens with one attached hydrogen (secondary N) is 1. The molecule has 1 heterocycles. The fourth-order valence-electron chi connectivity index (χ4n) is 2.53. The summed E-state index contributed by atoms with van der Waals surface area (Å²) in [5.41, 5.74) is 2.53. The Bertz CT molecular complexity index is 685. The van der Waals surface area contributed by atoms with Crippen molar-refractivity contribution in [1.29, 1.82) is 0 Å². The number of thiophene rings is 1. The number of anilines is 1. The zero-order chi connectivity index (χ0) is 13.9. The summed E-state index contributed by atoms with van der Waals surface area (Å²) in [5.74, 6) is 0.538. The molecule has 0 bridgehead atoms. The van der Waals surface area contributed by atoms with E-state index in [1.54, 1.807) is 11.3 Å². The fourth-order valence-corrected chi connectivity index (χ4v) is 3.30. The Morgan fingerprint density at radius 3 is 2.50 bits per heavy atom. The lowest BCUT2D eigenvalue weighted by Crippen LogP contribution is -2.16. The highest BCUT2D eigenvalue weighted by atomic mass is 32.1. The third-order valence-electron chi connectivity index (χ3n) is 3.60. The first-order valence-corrected chi connectivity index (χ1v) is 7.91. The van der Waals surface area contributed by atoms with Gasteiger partial charge in [-0.1, -0.05) is 44.2 Å². The van der Waals surface area contributed by atoms with Gasteiger partial charge < -0.3 is 5.32 Å². The van der Waals surface area contributed by atoms with Crippen LogP contribution in [0.4, 0.5) is 5.69 Å². The van der Waals surface area contributed by atoms with Gasteiger partial charge in [0.25, 0.3) is 0 Å². The van der Waals surface area contributed by atoms with Gasteiger partial charge in [-0.05, 0) is 46.5 Å². The summed E-state index contributed by atoms with van der Waals surface area (Å²) in [7, 11) is 0. The normalized spacial score (nSPS) is 12.8. The van der Waals surface area contributed by atoms with E-state index in [1.165, 1.54) is 21.3 Å². The molecule has 1 nitrogen and oxygen atoms in total. The van der Waals surface area contributed by atoms with Crippen LogP contribution in [0, 0.1) is 5.92 Å². The zero-order valence-electron chi connectivity index (χ0n) is 11.8. The molecule has 0 fully saturated rings. The maximum absolute atomic E-state index is 3.68. The van der Waals surface area contributed by atoms with Gasteiger partial charge in [0.15, 0.2) is 0 Å². The molecule has 1 unspecified atom stereocenters. The molecule has 0 spiro atoms. The zero-order valence-corrected chi connectivity index (χ0v) is 12.7. The molecular weight excluding hydrogens is 262 g/mol. The SMILES string of the molecule is CC(C)C(Nc1ccc2sccc2c1)c1ccccc1. The average molecular weight is 281 g/mol. The first-order valence-electron chi connectivity index (χ1n) is 7.03. The van der Waals surface area contributed by atoms with Crippen LogP contribution >= 0.6 is 11.3 Å². The van der Waals surface area contributed by atoms with Crippen LogP contribution in [0.2, 0.25) is 0 Å². The monoisotopic (exact) mass is 281 g/mol. The highest BCUT2D eigenvalue weighted by Crippen LogP contribution is 2.29. The molecule has 0 aliphatic carbocycles. The van der Waals surface area contributed by atoms with E-state index >= 15 is 0 Å². The maximum Gasteiger partial charge on any atom is 0.0536 e. The van der Waals surface area contributed by atoms with E-state index in [1.807, 2.05) is 0 Å². The Kier molecular flexibility index (Phi) is 3.75. The number of rotatable bonds is 4. The minimum absolute atomic E-state index is 0.340. The smallest absolute Gasteiger partial charge is 0.0536 e. The van der Waals surface area contributed by atoms with E-state index in [2.05, 4.69) is 79.1 Å². The molecular formula is C18H19NS. The van der Waals surface area contributed by atoms with Crippen molar-refractivity contribution in [1.82, 2.24) is 0 Å². The van der Waals surface area contributed by atoms with Crippen LogP contribution in [0.3, 0.4) is 0 Å². The largest absolute Gasteiger partial charge is 0.378 e. The summed E-state index contributed by atoms with van der Waals surface area (Å²) in [6, 6.07) is 19.8. The van der Waals surface area contributed by atoms with E-state index in [4.69, 9.17) is 0 Å². The number of fused-ring (bicyclic) bond motifs is 1. The van der Waals surface area contributed by atoms with E-state index in [0.29, 0.717) is 12.0 Å². The van der Waals surface area contributed by atoms with Gasteiger partial charge in [0.1, 0.15) is 0 Å². The number of hydrogen-bond donors (Lipinski definition) is 1. The second-order valence-corrected chi connectivity index (χ2v) is 6.40. The quantitative estimate of drug-likeness (QED) is 0.645. The van der Waals surface area contributed by atoms with Gasteiger partial charge in [-0.25, -0.2) is 0 Å². The molecule has 1 atom stereocenters. The van der Waals surface area contributed by atoms with Gasteiger partial charge in [-0.2, -0.15) is 0 Å². The summed E-state index contributed by atoms with van der Waals surface area (Å²) in [6.07, 6.45) is 0. The highest BCUT2D eigenvalue weighted by Gasteiger charge is 2.15. The summed E-state index contributed by atoms with van der Waals surface area (Å²) < 4.78 is 1.34. The number of hydrogen-bond acceptors (Lipinski definition) is 2. The Morgan fingerprint density at radius 2 is 1.75 bits per heavy atom. The summed E-state index contributed by atoms with van der Waals surface area (Å²) >= 11 is 1.79. The molecule has 20 heavy (non-hydrogen) atoms. The van der Waals surface area contributed by atoms with Crippen molar-refractivity contribution in [2.45, 2.75) is 19.9 Å². The maximum atomic E-state index is 3.68. The van der Waals surface area contributed by atoms with Crippen molar-refractivity contribution < 1.29 is 0 Å². The number of benzene rings is 2. The van der Waals surface area contributed by atoms with E-state index < -0.39 is 0 Å². The predicted octanol–water partition coefficient (Wildman–Crippen LogP) is 5.71. The average Bonchev–Trinajstić information content (AvgIpc) is 2.93. The van der Waals surface area contributed by atoms with Crippen LogP contribution in [-0.2, 0) is 0 Å². The summed E-state index contributed by atoms with van der Waals surface area (Å²) in [4.78, 5) is 0. The Hall–Kier alpha value is -1.80. The van der Waals surface area contributed by atoms with Gasteiger partial charge in [0.2, 0.25) is 0 Å². The standard InChI is InChI=1S/C18H19NS/c1-13(2)18(14-6-4-3-5-7-14)19-16-8-9-17-15(12-16)10-11-20-17/h3-13,18-19H,1-2H3. The molecule has 0 amide bonds. The van der Waals surface area contributed by atoms with Gasteiger partial charge in [-0.15, -0.1) is 11.3 Å². The van der Waals surface area contributed by atoms with Crippen molar-refractivity contribution in [2.75, 3.05) is 5.32 Å². The van der Waals surface area contributed by atoms with Crippen molar-refractivity contribution in [3.8, 4) is 0 Å². The van der Waals surface area contributed by atoms with Crippen molar-refractivity contribution in [2.24, 2.45) is 5.92 Å². The van der Waals surface area contributed by atoms with Crippen LogP contribution in [-0.4, -0.2) is 0 Å². The minimum Gasteiger partial charge on any atom is -0.378 e. The van der Waals surface area contributed by atoms with Crippen molar-refractivity contribution in [3.63, 3.8) is 0 Å². The molecule has 2 aromatic carbocycles. The van der Waals surface area contributed by atoms with E-state index in [9.17, 15) is 0 Å². The third-order valence-corrected chi connectivity index (χ3v) is 4.50. The molecule has 0 saturated carbocycles. The van der Waals surface area contributed by atoms with Crippen molar-refractivity contribution >= 4 is 27.1 Å². The highest BCUT2D eigenvalue weighted by molar-refractivity contribution is 7.17. The Labute approximate surface area is 124 Å². The molecule has 0 radical (unpaired) electrons. The first kappa shape index (κ1) is 13.2. The molecule has 1 N–H and O–H groups in total. The van der Waals surface area contributed by atoms with Crippen LogP contribution < -0.4 is 5.32 Å². The van der Waals surface area contributed by atoms with Crippen LogP contribution in [0.1, 0.15) is 25.5 Å². The Morgan fingerprint density at radius 1 is 0.950 bits per heavy atom. The lowest BCUT2D eigenvalue weighted by Gasteiger charge is -2.24. The minimum atomic E-state index is 0.340. The second-order valence-electron chi connectivity index (χ2n) is 5.45. The molecule has 3 rings (SSSR count). The second kappa shape index (κ2) is 5.68. The fraction of sp³-hybridized carbons (Fsp3) is 0.222. The van der Waals surface area contributed by atoms with Gasteiger partial charge >= 0.3 is 0 Å². The molecule has 0 saturated heterocycles. The molecule has 3 aromatic rings. The predicted molar refractivity (Wildman–Crippen MR) is 89.5 cm³/mol. The summed E-state index contributed by atoms with van der Waals surface area (Å²) in [6.45, 7) is 4.52. The lowest BCUT2D eigenvalue weighted by atomic mass is 9.96.